The van der Waals surface area contributed by atoms with Gasteiger partial charge < -0.3 is 5.11 Å². The zero-order valence-electron chi connectivity index (χ0n) is 10.8. The summed E-state index contributed by atoms with van der Waals surface area (Å²) in [7, 11) is 0. The van der Waals surface area contributed by atoms with Crippen LogP contribution >= 0.6 is 27.3 Å². The lowest BCUT2D eigenvalue weighted by molar-refractivity contribution is -0.0699. The highest BCUT2D eigenvalue weighted by molar-refractivity contribution is 9.10. The van der Waals surface area contributed by atoms with Crippen molar-refractivity contribution in [3.63, 3.8) is 0 Å². The molecule has 2 atom stereocenters. The van der Waals surface area contributed by atoms with Crippen LogP contribution in [0.3, 0.4) is 0 Å². The highest BCUT2D eigenvalue weighted by Crippen LogP contribution is 2.45. The molecule has 1 aliphatic rings. The van der Waals surface area contributed by atoms with Gasteiger partial charge in [-0.25, -0.2) is 0 Å². The van der Waals surface area contributed by atoms with Gasteiger partial charge in [-0.3, -0.25) is 0 Å². The zero-order valence-corrected chi connectivity index (χ0v) is 13.2. The molecule has 1 nitrogen and oxygen atoms in total. The minimum absolute atomic E-state index is 0.382. The van der Waals surface area contributed by atoms with Crippen LogP contribution in [0, 0.1) is 11.3 Å². The SMILES string of the molecule is CC1CC(C)(C)CCC1(O)Cc1cc(Br)cs1. The van der Waals surface area contributed by atoms with Crippen molar-refractivity contribution < 1.29 is 5.11 Å². The Morgan fingerprint density at radius 2 is 2.18 bits per heavy atom. The summed E-state index contributed by atoms with van der Waals surface area (Å²) in [4.78, 5) is 1.28. The Bertz CT molecular complexity index is 399. The number of aliphatic hydroxyl groups is 1. The minimum Gasteiger partial charge on any atom is -0.389 e. The molecule has 1 heterocycles. The summed E-state index contributed by atoms with van der Waals surface area (Å²) >= 11 is 5.21. The van der Waals surface area contributed by atoms with Crippen molar-refractivity contribution in [3.8, 4) is 0 Å². The molecule has 0 radical (unpaired) electrons. The Morgan fingerprint density at radius 1 is 1.47 bits per heavy atom. The van der Waals surface area contributed by atoms with Gasteiger partial charge in [0.2, 0.25) is 0 Å². The number of rotatable bonds is 2. The lowest BCUT2D eigenvalue weighted by Gasteiger charge is -2.45. The van der Waals surface area contributed by atoms with Gasteiger partial charge in [0.1, 0.15) is 0 Å². The predicted octanol–water partition coefficient (Wildman–Crippen LogP) is 4.63. The second-order valence-corrected chi connectivity index (χ2v) is 8.19. The number of hydrogen-bond donors (Lipinski definition) is 1. The first-order valence-electron chi connectivity index (χ1n) is 6.26. The van der Waals surface area contributed by atoms with Crippen LogP contribution in [0.1, 0.15) is 44.9 Å². The maximum absolute atomic E-state index is 10.8. The Morgan fingerprint density at radius 3 is 2.71 bits per heavy atom. The average molecular weight is 317 g/mol. The Kier molecular flexibility index (Phi) is 3.73. The Hall–Kier alpha value is 0.140. The van der Waals surface area contributed by atoms with Crippen molar-refractivity contribution in [1.82, 2.24) is 0 Å². The first-order valence-corrected chi connectivity index (χ1v) is 7.93. The van der Waals surface area contributed by atoms with Crippen LogP contribution in [0.5, 0.6) is 0 Å². The van der Waals surface area contributed by atoms with E-state index >= 15 is 0 Å². The van der Waals surface area contributed by atoms with Gasteiger partial charge >= 0.3 is 0 Å². The topological polar surface area (TPSA) is 20.2 Å². The van der Waals surface area contributed by atoms with E-state index in [-0.39, 0.29) is 0 Å². The van der Waals surface area contributed by atoms with Crippen LogP contribution in [0.4, 0.5) is 0 Å². The lowest BCUT2D eigenvalue weighted by atomic mass is 9.64. The van der Waals surface area contributed by atoms with E-state index in [1.165, 1.54) is 4.88 Å². The van der Waals surface area contributed by atoms with E-state index in [2.05, 4.69) is 48.1 Å². The third-order valence-electron chi connectivity index (χ3n) is 4.11. The fraction of sp³-hybridized carbons (Fsp3) is 0.714. The first-order chi connectivity index (χ1) is 7.81. The molecule has 1 aliphatic carbocycles. The van der Waals surface area contributed by atoms with Crippen molar-refractivity contribution in [2.45, 2.75) is 52.1 Å². The number of halogens is 1. The van der Waals surface area contributed by atoms with Gasteiger partial charge in [-0.1, -0.05) is 20.8 Å². The number of thiophene rings is 1. The molecule has 0 amide bonds. The predicted molar refractivity (Wildman–Crippen MR) is 77.5 cm³/mol. The van der Waals surface area contributed by atoms with Gasteiger partial charge in [0, 0.05) is 21.2 Å². The summed E-state index contributed by atoms with van der Waals surface area (Å²) < 4.78 is 1.13. The molecule has 3 heteroatoms. The summed E-state index contributed by atoms with van der Waals surface area (Å²) in [6.45, 7) is 6.82. The molecule has 1 saturated carbocycles. The fourth-order valence-corrected chi connectivity index (χ4v) is 4.50. The molecule has 0 saturated heterocycles. The van der Waals surface area contributed by atoms with E-state index in [4.69, 9.17) is 0 Å². The molecule has 0 aromatic carbocycles. The van der Waals surface area contributed by atoms with Crippen molar-refractivity contribution in [2.24, 2.45) is 11.3 Å². The molecule has 1 N–H and O–H groups in total. The van der Waals surface area contributed by atoms with Gasteiger partial charge in [0.15, 0.2) is 0 Å². The third kappa shape index (κ3) is 3.12. The standard InChI is InChI=1S/C14H21BrOS/c1-10-7-13(2,3)4-5-14(10,16)8-12-6-11(15)9-17-12/h6,9-10,16H,4-5,7-8H2,1-3H3. The third-order valence-corrected chi connectivity index (χ3v) is 5.81. The highest BCUT2D eigenvalue weighted by atomic mass is 79.9. The Balaban J connectivity index is 2.09. The fourth-order valence-electron chi connectivity index (χ4n) is 2.93. The van der Waals surface area contributed by atoms with Crippen LogP contribution in [0.25, 0.3) is 0 Å². The molecule has 0 aliphatic heterocycles. The Labute approximate surface area is 116 Å². The molecular weight excluding hydrogens is 296 g/mol. The lowest BCUT2D eigenvalue weighted by Crippen LogP contribution is -2.45. The van der Waals surface area contributed by atoms with Crippen LogP contribution in [-0.4, -0.2) is 10.7 Å². The van der Waals surface area contributed by atoms with E-state index in [1.54, 1.807) is 11.3 Å². The monoisotopic (exact) mass is 316 g/mol. The molecule has 0 bridgehead atoms. The van der Waals surface area contributed by atoms with Gasteiger partial charge in [-0.15, -0.1) is 11.3 Å². The van der Waals surface area contributed by atoms with E-state index in [0.717, 1.165) is 30.2 Å². The maximum Gasteiger partial charge on any atom is 0.0721 e. The zero-order chi connectivity index (χ0) is 12.7. The van der Waals surface area contributed by atoms with Crippen LogP contribution in [0.15, 0.2) is 15.9 Å². The largest absolute Gasteiger partial charge is 0.389 e. The summed E-state index contributed by atoms with van der Waals surface area (Å²) in [6, 6.07) is 2.13. The molecule has 0 spiro atoms. The van der Waals surface area contributed by atoms with E-state index in [0.29, 0.717) is 11.3 Å². The van der Waals surface area contributed by atoms with E-state index in [9.17, 15) is 5.11 Å². The quantitative estimate of drug-likeness (QED) is 0.843. The summed E-state index contributed by atoms with van der Waals surface area (Å²) in [6.07, 6.45) is 3.98. The molecule has 96 valence electrons. The molecule has 17 heavy (non-hydrogen) atoms. The summed E-state index contributed by atoms with van der Waals surface area (Å²) in [5.74, 6) is 0.382. The normalized spacial score (nSPS) is 32.6. The summed E-state index contributed by atoms with van der Waals surface area (Å²) in [5, 5.41) is 12.9. The minimum atomic E-state index is -0.500. The molecule has 2 rings (SSSR count). The van der Waals surface area contributed by atoms with Gasteiger partial charge in [0.25, 0.3) is 0 Å². The molecular formula is C14H21BrOS. The van der Waals surface area contributed by atoms with Gasteiger partial charge in [-0.2, -0.15) is 0 Å². The maximum atomic E-state index is 10.8. The number of hydrogen-bond acceptors (Lipinski definition) is 2. The van der Waals surface area contributed by atoms with Gasteiger partial charge in [-0.05, 0) is 52.6 Å². The van der Waals surface area contributed by atoms with Gasteiger partial charge in [0.05, 0.1) is 5.60 Å². The van der Waals surface area contributed by atoms with Crippen LogP contribution in [0.2, 0.25) is 0 Å². The molecule has 1 fully saturated rings. The van der Waals surface area contributed by atoms with E-state index < -0.39 is 5.60 Å². The molecule has 2 unspecified atom stereocenters. The molecule has 1 aromatic rings. The van der Waals surface area contributed by atoms with Crippen molar-refractivity contribution in [3.05, 3.63) is 20.8 Å². The smallest absolute Gasteiger partial charge is 0.0721 e. The second-order valence-electron chi connectivity index (χ2n) is 6.28. The van der Waals surface area contributed by atoms with Crippen molar-refractivity contribution in [2.75, 3.05) is 0 Å². The van der Waals surface area contributed by atoms with Crippen molar-refractivity contribution in [1.29, 1.82) is 0 Å². The average Bonchev–Trinajstić information content (AvgIpc) is 2.59. The van der Waals surface area contributed by atoms with Crippen LogP contribution < -0.4 is 0 Å². The molecule has 1 aromatic heterocycles. The summed E-state index contributed by atoms with van der Waals surface area (Å²) in [5.41, 5.74) is -0.110. The van der Waals surface area contributed by atoms with Crippen LogP contribution in [-0.2, 0) is 6.42 Å². The van der Waals surface area contributed by atoms with E-state index in [1.807, 2.05) is 0 Å². The first kappa shape index (κ1) is 13.6. The highest BCUT2D eigenvalue weighted by Gasteiger charge is 2.42. The van der Waals surface area contributed by atoms with Crippen molar-refractivity contribution >= 4 is 27.3 Å². The second kappa shape index (κ2) is 4.67.